The number of carbonyl (C=O) groups excluding carboxylic acids is 3. The number of esters is 1. The van der Waals surface area contributed by atoms with Crippen molar-refractivity contribution in [2.45, 2.75) is 52.0 Å². The molecule has 0 bridgehead atoms. The molecule has 3 aliphatic rings. The molecule has 1 aromatic rings. The first kappa shape index (κ1) is 21.2. The molecule has 2 N–H and O–H groups in total. The highest BCUT2D eigenvalue weighted by Crippen LogP contribution is 2.36. The van der Waals surface area contributed by atoms with Gasteiger partial charge < -0.3 is 15.4 Å². The van der Waals surface area contributed by atoms with Crippen molar-refractivity contribution >= 4 is 17.9 Å². The molecule has 1 atom stereocenters. The lowest BCUT2D eigenvalue weighted by atomic mass is 9.91. The van der Waals surface area contributed by atoms with Gasteiger partial charge in [-0.15, -0.1) is 0 Å². The van der Waals surface area contributed by atoms with E-state index in [4.69, 9.17) is 4.74 Å². The Kier molecular flexibility index (Phi) is 6.11. The van der Waals surface area contributed by atoms with Crippen LogP contribution in [0.3, 0.4) is 0 Å². The van der Waals surface area contributed by atoms with Crippen molar-refractivity contribution in [3.8, 4) is 0 Å². The van der Waals surface area contributed by atoms with Crippen molar-refractivity contribution in [1.82, 2.24) is 15.5 Å². The van der Waals surface area contributed by atoms with Crippen molar-refractivity contribution in [3.05, 3.63) is 57.8 Å². The number of allylic oxidation sites excluding steroid dienone is 1. The van der Waals surface area contributed by atoms with Crippen molar-refractivity contribution in [2.24, 2.45) is 0 Å². The van der Waals surface area contributed by atoms with Gasteiger partial charge in [0.05, 0.1) is 17.3 Å². The SMILES string of the molecule is Cc1ccc(C)c([C@@H]2NC(=O)N(CC(=O)NCCC3=CCCCC3)C3=C2C(=O)OC3)c1. The predicted octanol–water partition coefficient (Wildman–Crippen LogP) is 3.19. The first-order valence-electron chi connectivity index (χ1n) is 10.9. The fourth-order valence-corrected chi connectivity index (χ4v) is 4.48. The van der Waals surface area contributed by atoms with Crippen LogP contribution in [-0.2, 0) is 14.3 Å². The quantitative estimate of drug-likeness (QED) is 0.543. The minimum absolute atomic E-state index is 0.00309. The summed E-state index contributed by atoms with van der Waals surface area (Å²) in [6, 6.07) is 4.96. The van der Waals surface area contributed by atoms with E-state index in [9.17, 15) is 14.4 Å². The highest BCUT2D eigenvalue weighted by Gasteiger charge is 2.43. The number of benzene rings is 1. The number of amides is 3. The topological polar surface area (TPSA) is 87.7 Å². The van der Waals surface area contributed by atoms with Crippen LogP contribution in [0.2, 0.25) is 0 Å². The second-order valence-electron chi connectivity index (χ2n) is 8.47. The predicted molar refractivity (Wildman–Crippen MR) is 116 cm³/mol. The molecule has 0 radical (unpaired) electrons. The molecule has 7 nitrogen and oxygen atoms in total. The highest BCUT2D eigenvalue weighted by molar-refractivity contribution is 5.98. The maximum atomic E-state index is 12.9. The Morgan fingerprint density at radius 3 is 2.87 bits per heavy atom. The molecule has 4 rings (SSSR count). The number of hydrogen-bond acceptors (Lipinski definition) is 4. The minimum atomic E-state index is -0.574. The Hall–Kier alpha value is -3.09. The summed E-state index contributed by atoms with van der Waals surface area (Å²) in [5, 5.41) is 5.80. The molecule has 3 amide bonds. The number of nitrogens with one attached hydrogen (secondary N) is 2. The number of cyclic esters (lactones) is 1. The lowest BCUT2D eigenvalue weighted by Gasteiger charge is -2.33. The van der Waals surface area contributed by atoms with Crippen LogP contribution < -0.4 is 10.6 Å². The van der Waals surface area contributed by atoms with Gasteiger partial charge in [-0.3, -0.25) is 9.69 Å². The largest absolute Gasteiger partial charge is 0.456 e. The maximum Gasteiger partial charge on any atom is 0.338 e. The Bertz CT molecular complexity index is 979. The summed E-state index contributed by atoms with van der Waals surface area (Å²) in [4.78, 5) is 39.3. The minimum Gasteiger partial charge on any atom is -0.456 e. The van der Waals surface area contributed by atoms with E-state index in [0.717, 1.165) is 36.0 Å². The van der Waals surface area contributed by atoms with Crippen molar-refractivity contribution in [1.29, 1.82) is 0 Å². The van der Waals surface area contributed by atoms with Crippen LogP contribution in [0.15, 0.2) is 41.1 Å². The molecule has 2 heterocycles. The Morgan fingerprint density at radius 2 is 2.10 bits per heavy atom. The molecule has 164 valence electrons. The van der Waals surface area contributed by atoms with Crippen molar-refractivity contribution in [3.63, 3.8) is 0 Å². The Balaban J connectivity index is 1.48. The van der Waals surface area contributed by atoms with Gasteiger partial charge in [-0.25, -0.2) is 9.59 Å². The van der Waals surface area contributed by atoms with Crippen LogP contribution >= 0.6 is 0 Å². The van der Waals surface area contributed by atoms with Crippen molar-refractivity contribution in [2.75, 3.05) is 19.7 Å². The smallest absolute Gasteiger partial charge is 0.338 e. The molecule has 0 saturated carbocycles. The number of hydrogen-bond donors (Lipinski definition) is 2. The number of nitrogens with zero attached hydrogens (tertiary/aromatic N) is 1. The third kappa shape index (κ3) is 4.50. The molecule has 0 spiro atoms. The van der Waals surface area contributed by atoms with Gasteiger partial charge >= 0.3 is 12.0 Å². The second-order valence-corrected chi connectivity index (χ2v) is 8.47. The summed E-state index contributed by atoms with van der Waals surface area (Å²) < 4.78 is 5.26. The number of urea groups is 1. The fraction of sp³-hybridized carbons (Fsp3) is 0.458. The van der Waals surface area contributed by atoms with E-state index in [1.165, 1.54) is 23.3 Å². The van der Waals surface area contributed by atoms with Gasteiger partial charge in [0.25, 0.3) is 0 Å². The molecule has 2 aliphatic heterocycles. The van der Waals surface area contributed by atoms with E-state index >= 15 is 0 Å². The molecule has 0 saturated heterocycles. The average Bonchev–Trinajstić information content (AvgIpc) is 3.14. The third-order valence-electron chi connectivity index (χ3n) is 6.20. The summed E-state index contributed by atoms with van der Waals surface area (Å²) in [6.07, 6.45) is 7.76. The summed E-state index contributed by atoms with van der Waals surface area (Å²) in [5.74, 6) is -0.696. The first-order chi connectivity index (χ1) is 14.9. The third-order valence-corrected chi connectivity index (χ3v) is 6.20. The standard InChI is InChI=1S/C24H29N3O4/c1-15-8-9-16(2)18(12-15)22-21-19(14-31-23(21)29)27(24(30)26-22)13-20(28)25-11-10-17-6-4-3-5-7-17/h6,8-9,12,22H,3-5,7,10-11,13-14H2,1-2H3,(H,25,28)(H,26,30)/t22-/m0/s1. The monoisotopic (exact) mass is 423 g/mol. The number of carbonyl (C=O) groups is 3. The molecule has 1 aliphatic carbocycles. The van der Waals surface area contributed by atoms with E-state index < -0.39 is 18.0 Å². The normalized spacial score (nSPS) is 20.8. The van der Waals surface area contributed by atoms with Crippen molar-refractivity contribution < 1.29 is 19.1 Å². The van der Waals surface area contributed by atoms with E-state index in [2.05, 4.69) is 16.7 Å². The van der Waals surface area contributed by atoms with Gasteiger partial charge in [0.15, 0.2) is 0 Å². The zero-order valence-electron chi connectivity index (χ0n) is 18.1. The zero-order valence-corrected chi connectivity index (χ0v) is 18.1. The van der Waals surface area contributed by atoms with Gasteiger partial charge in [-0.05, 0) is 57.1 Å². The van der Waals surface area contributed by atoms with Crippen LogP contribution in [-0.4, -0.2) is 42.5 Å². The van der Waals surface area contributed by atoms with E-state index in [1.807, 2.05) is 32.0 Å². The van der Waals surface area contributed by atoms with Gasteiger partial charge in [-0.1, -0.05) is 35.4 Å². The van der Waals surface area contributed by atoms with E-state index in [-0.39, 0.29) is 19.1 Å². The van der Waals surface area contributed by atoms with Gasteiger partial charge in [0.2, 0.25) is 5.91 Å². The summed E-state index contributed by atoms with van der Waals surface area (Å²) in [7, 11) is 0. The van der Waals surface area contributed by atoms with E-state index in [1.54, 1.807) is 0 Å². The average molecular weight is 424 g/mol. The van der Waals surface area contributed by atoms with Crippen LogP contribution in [0.25, 0.3) is 0 Å². The summed E-state index contributed by atoms with van der Waals surface area (Å²) in [5.41, 5.74) is 5.16. The highest BCUT2D eigenvalue weighted by atomic mass is 16.5. The van der Waals surface area contributed by atoms with Gasteiger partial charge in [0, 0.05) is 6.54 Å². The lowest BCUT2D eigenvalue weighted by Crippen LogP contribution is -2.50. The Morgan fingerprint density at radius 1 is 1.26 bits per heavy atom. The number of aryl methyl sites for hydroxylation is 2. The van der Waals surface area contributed by atoms with Crippen LogP contribution in [0.4, 0.5) is 4.79 Å². The lowest BCUT2D eigenvalue weighted by molar-refractivity contribution is -0.136. The molecule has 1 aromatic carbocycles. The molecule has 31 heavy (non-hydrogen) atoms. The maximum absolute atomic E-state index is 12.9. The van der Waals surface area contributed by atoms with Gasteiger partial charge in [0.1, 0.15) is 13.2 Å². The van der Waals surface area contributed by atoms with Crippen LogP contribution in [0, 0.1) is 13.8 Å². The number of ether oxygens (including phenoxy) is 1. The molecule has 0 aromatic heterocycles. The molecular weight excluding hydrogens is 394 g/mol. The molecule has 7 heteroatoms. The Labute approximate surface area is 182 Å². The fourth-order valence-electron chi connectivity index (χ4n) is 4.48. The summed E-state index contributed by atoms with van der Waals surface area (Å²) >= 11 is 0. The van der Waals surface area contributed by atoms with E-state index in [0.29, 0.717) is 17.8 Å². The first-order valence-corrected chi connectivity index (χ1v) is 10.9. The molecule has 0 fully saturated rings. The van der Waals surface area contributed by atoms with Crippen LogP contribution in [0.5, 0.6) is 0 Å². The second kappa shape index (κ2) is 8.96. The number of rotatable bonds is 6. The van der Waals surface area contributed by atoms with Crippen LogP contribution in [0.1, 0.15) is 54.8 Å². The molecule has 0 unspecified atom stereocenters. The van der Waals surface area contributed by atoms with Gasteiger partial charge in [-0.2, -0.15) is 0 Å². The summed E-state index contributed by atoms with van der Waals surface area (Å²) in [6.45, 7) is 4.33. The molecular formula is C24H29N3O4. The zero-order chi connectivity index (χ0) is 22.0.